The maximum absolute atomic E-state index is 11.1. The van der Waals surface area contributed by atoms with Crippen molar-refractivity contribution >= 4 is 11.9 Å². The van der Waals surface area contributed by atoms with Crippen molar-refractivity contribution in [1.29, 1.82) is 0 Å². The Morgan fingerprint density at radius 3 is 2.36 bits per heavy atom. The highest BCUT2D eigenvalue weighted by molar-refractivity contribution is 5.93. The number of hydrogen-bond donors (Lipinski definition) is 0. The van der Waals surface area contributed by atoms with Crippen molar-refractivity contribution in [3.63, 3.8) is 0 Å². The van der Waals surface area contributed by atoms with Gasteiger partial charge in [0.25, 0.3) is 0 Å². The summed E-state index contributed by atoms with van der Waals surface area (Å²) < 4.78 is 0. The van der Waals surface area contributed by atoms with E-state index in [4.69, 9.17) is 0 Å². The highest BCUT2D eigenvalue weighted by Crippen LogP contribution is 2.14. The fraction of sp³-hybridized carbons (Fsp3) is 0.308. The quantitative estimate of drug-likeness (QED) is 0.665. The molecule has 0 fully saturated rings. The average Bonchev–Trinajstić information content (AvgIpc) is 2.16. The van der Waals surface area contributed by atoms with E-state index in [0.717, 1.165) is 5.56 Å². The molecule has 0 atom stereocenters. The SMILES string of the molecule is CCC(=O)/C=C/c1c(C)cccc1C. The van der Waals surface area contributed by atoms with Crippen LogP contribution in [0, 0.1) is 13.8 Å². The van der Waals surface area contributed by atoms with Crippen molar-refractivity contribution in [1.82, 2.24) is 0 Å². The molecule has 0 aliphatic heterocycles. The minimum Gasteiger partial charge on any atom is -0.295 e. The van der Waals surface area contributed by atoms with Gasteiger partial charge in [0.15, 0.2) is 5.78 Å². The third-order valence-electron chi connectivity index (χ3n) is 2.33. The van der Waals surface area contributed by atoms with Crippen LogP contribution in [-0.2, 0) is 4.79 Å². The molecule has 0 saturated carbocycles. The van der Waals surface area contributed by atoms with Gasteiger partial charge in [0.05, 0.1) is 0 Å². The van der Waals surface area contributed by atoms with Crippen LogP contribution >= 0.6 is 0 Å². The summed E-state index contributed by atoms with van der Waals surface area (Å²) in [5, 5.41) is 0. The first-order valence-electron chi connectivity index (χ1n) is 4.92. The predicted molar refractivity (Wildman–Crippen MR) is 60.2 cm³/mol. The minimum absolute atomic E-state index is 0.174. The molecule has 0 saturated heterocycles. The van der Waals surface area contributed by atoms with E-state index in [9.17, 15) is 4.79 Å². The van der Waals surface area contributed by atoms with E-state index in [2.05, 4.69) is 26.0 Å². The first-order chi connectivity index (χ1) is 6.65. The summed E-state index contributed by atoms with van der Waals surface area (Å²) in [7, 11) is 0. The van der Waals surface area contributed by atoms with Crippen LogP contribution in [0.25, 0.3) is 6.08 Å². The maximum Gasteiger partial charge on any atom is 0.155 e. The second-order valence-electron chi connectivity index (χ2n) is 3.46. The van der Waals surface area contributed by atoms with Crippen LogP contribution in [0.3, 0.4) is 0 Å². The minimum atomic E-state index is 0.174. The summed E-state index contributed by atoms with van der Waals surface area (Å²) in [6.45, 7) is 5.99. The molecular weight excluding hydrogens is 172 g/mol. The summed E-state index contributed by atoms with van der Waals surface area (Å²) >= 11 is 0. The van der Waals surface area contributed by atoms with Crippen molar-refractivity contribution in [3.05, 3.63) is 41.0 Å². The van der Waals surface area contributed by atoms with Gasteiger partial charge in [-0.05, 0) is 36.6 Å². The molecule has 14 heavy (non-hydrogen) atoms. The molecule has 0 spiro atoms. The zero-order valence-electron chi connectivity index (χ0n) is 9.00. The Bertz CT molecular complexity index is 341. The van der Waals surface area contributed by atoms with Crippen molar-refractivity contribution in [3.8, 4) is 0 Å². The number of carbonyl (C=O) groups excluding carboxylic acids is 1. The fourth-order valence-corrected chi connectivity index (χ4v) is 1.38. The van der Waals surface area contributed by atoms with Crippen LogP contribution in [0.2, 0.25) is 0 Å². The Hall–Kier alpha value is -1.37. The zero-order chi connectivity index (χ0) is 10.6. The molecule has 0 N–H and O–H groups in total. The van der Waals surface area contributed by atoms with E-state index in [1.807, 2.05) is 19.1 Å². The summed E-state index contributed by atoms with van der Waals surface area (Å²) in [6, 6.07) is 6.15. The molecule has 0 amide bonds. The second-order valence-corrected chi connectivity index (χ2v) is 3.46. The number of hydrogen-bond acceptors (Lipinski definition) is 1. The van der Waals surface area contributed by atoms with Gasteiger partial charge in [0.1, 0.15) is 0 Å². The Kier molecular flexibility index (Phi) is 3.63. The van der Waals surface area contributed by atoms with Crippen LogP contribution < -0.4 is 0 Å². The summed E-state index contributed by atoms with van der Waals surface area (Å²) in [6.07, 6.45) is 4.15. The monoisotopic (exact) mass is 188 g/mol. The van der Waals surface area contributed by atoms with Gasteiger partial charge in [-0.3, -0.25) is 4.79 Å². The van der Waals surface area contributed by atoms with Crippen LogP contribution in [0.1, 0.15) is 30.0 Å². The van der Waals surface area contributed by atoms with Crippen molar-refractivity contribution in [2.45, 2.75) is 27.2 Å². The fourth-order valence-electron chi connectivity index (χ4n) is 1.38. The van der Waals surface area contributed by atoms with E-state index < -0.39 is 0 Å². The molecule has 1 heteroatoms. The Balaban J connectivity index is 2.96. The van der Waals surface area contributed by atoms with Gasteiger partial charge in [0.2, 0.25) is 0 Å². The number of aryl methyl sites for hydroxylation is 2. The van der Waals surface area contributed by atoms with E-state index >= 15 is 0 Å². The van der Waals surface area contributed by atoms with Crippen LogP contribution in [0.5, 0.6) is 0 Å². The first kappa shape index (κ1) is 10.7. The normalized spacial score (nSPS) is 10.8. The zero-order valence-corrected chi connectivity index (χ0v) is 9.00. The number of ketones is 1. The summed E-state index contributed by atoms with van der Waals surface area (Å²) in [4.78, 5) is 11.1. The first-order valence-corrected chi connectivity index (χ1v) is 4.92. The van der Waals surface area contributed by atoms with Gasteiger partial charge >= 0.3 is 0 Å². The molecule has 0 radical (unpaired) electrons. The number of benzene rings is 1. The Labute approximate surface area is 85.5 Å². The molecular formula is C13H16O. The molecule has 0 bridgehead atoms. The van der Waals surface area contributed by atoms with Crippen molar-refractivity contribution in [2.24, 2.45) is 0 Å². The molecule has 1 aromatic rings. The summed E-state index contributed by atoms with van der Waals surface area (Å²) in [5.74, 6) is 0.174. The molecule has 0 aliphatic carbocycles. The van der Waals surface area contributed by atoms with Gasteiger partial charge in [-0.2, -0.15) is 0 Å². The van der Waals surface area contributed by atoms with Crippen LogP contribution in [0.4, 0.5) is 0 Å². The Morgan fingerprint density at radius 2 is 1.86 bits per heavy atom. The maximum atomic E-state index is 11.1. The van der Waals surface area contributed by atoms with E-state index in [-0.39, 0.29) is 5.78 Å². The second kappa shape index (κ2) is 4.75. The molecule has 1 rings (SSSR count). The standard InChI is InChI=1S/C13H16O/c1-4-12(14)8-9-13-10(2)6-5-7-11(13)3/h5-9H,4H2,1-3H3/b9-8+. The number of carbonyl (C=O) groups is 1. The molecule has 0 aliphatic rings. The lowest BCUT2D eigenvalue weighted by atomic mass is 10.0. The Morgan fingerprint density at radius 1 is 1.29 bits per heavy atom. The third-order valence-corrected chi connectivity index (χ3v) is 2.33. The topological polar surface area (TPSA) is 17.1 Å². The van der Waals surface area contributed by atoms with Gasteiger partial charge < -0.3 is 0 Å². The summed E-state index contributed by atoms with van der Waals surface area (Å²) in [5.41, 5.74) is 3.59. The number of rotatable bonds is 3. The molecule has 74 valence electrons. The van der Waals surface area contributed by atoms with Crippen LogP contribution in [-0.4, -0.2) is 5.78 Å². The van der Waals surface area contributed by atoms with Gasteiger partial charge in [0, 0.05) is 6.42 Å². The number of allylic oxidation sites excluding steroid dienone is 1. The lowest BCUT2D eigenvalue weighted by Crippen LogP contribution is -1.89. The molecule has 1 aromatic carbocycles. The van der Waals surface area contributed by atoms with E-state index in [0.29, 0.717) is 6.42 Å². The molecule has 0 heterocycles. The smallest absolute Gasteiger partial charge is 0.155 e. The van der Waals surface area contributed by atoms with Crippen LogP contribution in [0.15, 0.2) is 24.3 Å². The van der Waals surface area contributed by atoms with Crippen molar-refractivity contribution in [2.75, 3.05) is 0 Å². The molecule has 0 aromatic heterocycles. The lowest BCUT2D eigenvalue weighted by molar-refractivity contribution is -0.114. The largest absolute Gasteiger partial charge is 0.295 e. The molecule has 0 unspecified atom stereocenters. The van der Waals surface area contributed by atoms with E-state index in [1.165, 1.54) is 11.1 Å². The van der Waals surface area contributed by atoms with Gasteiger partial charge in [-0.25, -0.2) is 0 Å². The predicted octanol–water partition coefficient (Wildman–Crippen LogP) is 3.30. The van der Waals surface area contributed by atoms with Gasteiger partial charge in [-0.15, -0.1) is 0 Å². The lowest BCUT2D eigenvalue weighted by Gasteiger charge is -2.03. The third kappa shape index (κ3) is 2.56. The van der Waals surface area contributed by atoms with E-state index in [1.54, 1.807) is 6.08 Å². The highest BCUT2D eigenvalue weighted by atomic mass is 16.1. The van der Waals surface area contributed by atoms with Crippen molar-refractivity contribution < 1.29 is 4.79 Å². The van der Waals surface area contributed by atoms with Gasteiger partial charge in [-0.1, -0.05) is 31.2 Å². The average molecular weight is 188 g/mol. The highest BCUT2D eigenvalue weighted by Gasteiger charge is 1.98. The molecule has 1 nitrogen and oxygen atoms in total.